The minimum atomic E-state index is 0.283. The summed E-state index contributed by atoms with van der Waals surface area (Å²) in [6.07, 6.45) is 3.91. The number of hydrazine groups is 1. The van der Waals surface area contributed by atoms with Crippen LogP contribution < -0.4 is 16.2 Å². The molecular weight excluding hydrogens is 246 g/mol. The summed E-state index contributed by atoms with van der Waals surface area (Å²) in [7, 11) is 1.93. The van der Waals surface area contributed by atoms with Gasteiger partial charge in [-0.25, -0.2) is 10.8 Å². The Bertz CT molecular complexity index is 524. The van der Waals surface area contributed by atoms with Gasteiger partial charge in [-0.1, -0.05) is 6.92 Å². The Balaban J connectivity index is 2.42. The quantitative estimate of drug-likeness (QED) is 0.571. The smallest absolute Gasteiger partial charge is 0.258 e. The first-order chi connectivity index (χ1) is 9.15. The maximum absolute atomic E-state index is 5.38. The summed E-state index contributed by atoms with van der Waals surface area (Å²) in [6, 6.07) is 0.302. The Morgan fingerprint density at radius 1 is 1.42 bits per heavy atom. The predicted octanol–water partition coefficient (Wildman–Crippen LogP) is -0.0274. The van der Waals surface area contributed by atoms with Crippen molar-refractivity contribution in [2.24, 2.45) is 5.84 Å². The van der Waals surface area contributed by atoms with Gasteiger partial charge in [0.1, 0.15) is 12.7 Å². The van der Waals surface area contributed by atoms with Gasteiger partial charge < -0.3 is 4.90 Å². The second-order valence-electron chi connectivity index (χ2n) is 4.11. The molecule has 102 valence electrons. The molecule has 1 unspecified atom stereocenters. The fraction of sp³-hybridized carbons (Fsp3) is 0.500. The number of nitrogens with one attached hydrogen (secondary N) is 1. The molecule has 2 aromatic rings. The van der Waals surface area contributed by atoms with E-state index in [1.807, 2.05) is 11.9 Å². The zero-order valence-electron chi connectivity index (χ0n) is 11.1. The minimum Gasteiger partial charge on any atom is -0.341 e. The number of nitrogen functional groups attached to an aromatic ring is 1. The Morgan fingerprint density at radius 3 is 2.79 bits per heavy atom. The van der Waals surface area contributed by atoms with Crippen LogP contribution in [0.2, 0.25) is 0 Å². The summed E-state index contributed by atoms with van der Waals surface area (Å²) in [4.78, 5) is 18.6. The second kappa shape index (κ2) is 5.57. The Labute approximate surface area is 110 Å². The van der Waals surface area contributed by atoms with Crippen molar-refractivity contribution in [3.05, 3.63) is 12.7 Å². The molecule has 3 N–H and O–H groups in total. The molecule has 0 saturated heterocycles. The molecule has 0 amide bonds. The van der Waals surface area contributed by atoms with Crippen LogP contribution >= 0.6 is 0 Å². The summed E-state index contributed by atoms with van der Waals surface area (Å²) in [5, 5.41) is 3.99. The highest BCUT2D eigenvalue weighted by Crippen LogP contribution is 2.14. The number of anilines is 2. The van der Waals surface area contributed by atoms with Gasteiger partial charge in [0.25, 0.3) is 5.95 Å². The molecule has 9 nitrogen and oxygen atoms in total. The van der Waals surface area contributed by atoms with Crippen molar-refractivity contribution < 1.29 is 0 Å². The molecule has 2 heterocycles. The third-order valence-corrected chi connectivity index (χ3v) is 2.93. The fourth-order valence-electron chi connectivity index (χ4n) is 1.46. The highest BCUT2D eigenvalue weighted by molar-refractivity contribution is 5.39. The summed E-state index contributed by atoms with van der Waals surface area (Å²) < 4.78 is 1.45. The van der Waals surface area contributed by atoms with Gasteiger partial charge in [-0.3, -0.25) is 5.43 Å². The lowest BCUT2D eigenvalue weighted by Gasteiger charge is -2.24. The van der Waals surface area contributed by atoms with Crippen LogP contribution in [0.15, 0.2) is 12.7 Å². The van der Waals surface area contributed by atoms with Gasteiger partial charge >= 0.3 is 0 Å². The summed E-state index contributed by atoms with van der Waals surface area (Å²) in [6.45, 7) is 4.19. The Kier molecular flexibility index (Phi) is 3.85. The maximum atomic E-state index is 5.38. The van der Waals surface area contributed by atoms with Crippen LogP contribution in [-0.2, 0) is 0 Å². The second-order valence-corrected chi connectivity index (χ2v) is 4.11. The number of hydrogen-bond donors (Lipinski definition) is 2. The van der Waals surface area contributed by atoms with Gasteiger partial charge in [0.2, 0.25) is 11.9 Å². The molecule has 0 aliphatic rings. The van der Waals surface area contributed by atoms with E-state index < -0.39 is 0 Å². The molecule has 0 saturated carbocycles. The van der Waals surface area contributed by atoms with Gasteiger partial charge in [0.05, 0.1) is 0 Å². The normalized spacial score (nSPS) is 12.2. The van der Waals surface area contributed by atoms with Gasteiger partial charge in [-0.2, -0.15) is 24.7 Å². The standard InChI is InChI=1S/C10H17N9/c1-4-7(2)18(3)9-14-8(17-11)15-10(16-9)19-6-12-5-13-19/h5-7H,4,11H2,1-3H3,(H,14,15,16,17). The van der Waals surface area contributed by atoms with Crippen LogP contribution in [0.4, 0.5) is 11.9 Å². The van der Waals surface area contributed by atoms with Crippen molar-refractivity contribution in [2.75, 3.05) is 17.4 Å². The first-order valence-electron chi connectivity index (χ1n) is 5.96. The SMILES string of the molecule is CCC(C)N(C)c1nc(NN)nc(-n2cncn2)n1. The molecule has 9 heteroatoms. The van der Waals surface area contributed by atoms with Crippen LogP contribution in [-0.4, -0.2) is 42.8 Å². The average molecular weight is 263 g/mol. The highest BCUT2D eigenvalue weighted by Gasteiger charge is 2.15. The van der Waals surface area contributed by atoms with Gasteiger partial charge in [-0.15, -0.1) is 0 Å². The van der Waals surface area contributed by atoms with E-state index >= 15 is 0 Å². The molecule has 0 radical (unpaired) electrons. The van der Waals surface area contributed by atoms with Crippen molar-refractivity contribution in [3.8, 4) is 5.95 Å². The zero-order valence-corrected chi connectivity index (χ0v) is 11.1. The number of nitrogens with two attached hydrogens (primary N) is 1. The van der Waals surface area contributed by atoms with Gasteiger partial charge in [0, 0.05) is 13.1 Å². The lowest BCUT2D eigenvalue weighted by Crippen LogP contribution is -2.30. The number of rotatable bonds is 5. The number of nitrogens with zero attached hydrogens (tertiary/aromatic N) is 7. The molecule has 0 aliphatic heterocycles. The summed E-state index contributed by atoms with van der Waals surface area (Å²) in [5.41, 5.74) is 2.43. The molecular formula is C10H17N9. The number of aromatic nitrogens is 6. The third-order valence-electron chi connectivity index (χ3n) is 2.93. The highest BCUT2D eigenvalue weighted by atomic mass is 15.4. The molecule has 1 atom stereocenters. The van der Waals surface area contributed by atoms with E-state index in [0.717, 1.165) is 6.42 Å². The monoisotopic (exact) mass is 263 g/mol. The molecule has 0 aliphatic carbocycles. The van der Waals surface area contributed by atoms with E-state index in [4.69, 9.17) is 5.84 Å². The van der Waals surface area contributed by atoms with Gasteiger partial charge in [-0.05, 0) is 13.3 Å². The predicted molar refractivity (Wildman–Crippen MR) is 70.7 cm³/mol. The molecule has 2 aromatic heterocycles. The molecule has 19 heavy (non-hydrogen) atoms. The lowest BCUT2D eigenvalue weighted by molar-refractivity contribution is 0.643. The Hall–Kier alpha value is -2.29. The van der Waals surface area contributed by atoms with Crippen molar-refractivity contribution in [1.29, 1.82) is 0 Å². The van der Waals surface area contributed by atoms with E-state index in [1.54, 1.807) is 0 Å². The molecule has 0 aromatic carbocycles. The molecule has 0 spiro atoms. The van der Waals surface area contributed by atoms with Gasteiger partial charge in [0.15, 0.2) is 0 Å². The topological polar surface area (TPSA) is 111 Å². The lowest BCUT2D eigenvalue weighted by atomic mass is 10.2. The van der Waals surface area contributed by atoms with E-state index in [1.165, 1.54) is 17.3 Å². The van der Waals surface area contributed by atoms with Crippen LogP contribution in [0.5, 0.6) is 0 Å². The van der Waals surface area contributed by atoms with Crippen molar-refractivity contribution in [1.82, 2.24) is 29.7 Å². The van der Waals surface area contributed by atoms with E-state index in [-0.39, 0.29) is 5.95 Å². The first-order valence-corrected chi connectivity index (χ1v) is 5.96. The zero-order chi connectivity index (χ0) is 13.8. The summed E-state index contributed by atoms with van der Waals surface area (Å²) in [5.74, 6) is 6.56. The van der Waals surface area contributed by atoms with Crippen molar-refractivity contribution in [2.45, 2.75) is 26.3 Å². The Morgan fingerprint density at radius 2 is 2.21 bits per heavy atom. The summed E-state index contributed by atoms with van der Waals surface area (Å²) >= 11 is 0. The third kappa shape index (κ3) is 2.76. The van der Waals surface area contributed by atoms with Crippen LogP contribution in [0, 0.1) is 0 Å². The van der Waals surface area contributed by atoms with Crippen LogP contribution in [0.3, 0.4) is 0 Å². The van der Waals surface area contributed by atoms with Crippen LogP contribution in [0.25, 0.3) is 5.95 Å². The minimum absolute atomic E-state index is 0.283. The molecule has 0 bridgehead atoms. The van der Waals surface area contributed by atoms with Crippen molar-refractivity contribution >= 4 is 11.9 Å². The average Bonchev–Trinajstić information content (AvgIpc) is 2.99. The van der Waals surface area contributed by atoms with E-state index in [0.29, 0.717) is 17.9 Å². The van der Waals surface area contributed by atoms with Crippen LogP contribution in [0.1, 0.15) is 20.3 Å². The molecule has 2 rings (SSSR count). The fourth-order valence-corrected chi connectivity index (χ4v) is 1.46. The number of hydrogen-bond acceptors (Lipinski definition) is 8. The largest absolute Gasteiger partial charge is 0.341 e. The maximum Gasteiger partial charge on any atom is 0.258 e. The first kappa shape index (κ1) is 13.1. The molecule has 0 fully saturated rings. The van der Waals surface area contributed by atoms with E-state index in [2.05, 4.69) is 44.3 Å². The van der Waals surface area contributed by atoms with E-state index in [9.17, 15) is 0 Å². The van der Waals surface area contributed by atoms with Crippen molar-refractivity contribution in [3.63, 3.8) is 0 Å².